The third-order valence-electron chi connectivity index (χ3n) is 2.88. The van der Waals surface area contributed by atoms with Gasteiger partial charge in [-0.15, -0.1) is 0 Å². The highest BCUT2D eigenvalue weighted by Crippen LogP contribution is 2.27. The van der Waals surface area contributed by atoms with E-state index in [-0.39, 0.29) is 5.91 Å². The average molecular weight is 266 g/mol. The predicted molar refractivity (Wildman–Crippen MR) is 74.6 cm³/mol. The monoisotopic (exact) mass is 266 g/mol. The molecule has 1 rings (SSSR count). The van der Waals surface area contributed by atoms with Crippen LogP contribution < -0.4 is 14.8 Å². The van der Waals surface area contributed by atoms with Gasteiger partial charge in [0.25, 0.3) is 0 Å². The highest BCUT2D eigenvalue weighted by atomic mass is 16.5. The quantitative estimate of drug-likeness (QED) is 0.807. The summed E-state index contributed by atoms with van der Waals surface area (Å²) in [4.78, 5) is 13.5. The van der Waals surface area contributed by atoms with Gasteiger partial charge >= 0.3 is 0 Å². The van der Waals surface area contributed by atoms with Crippen molar-refractivity contribution in [2.75, 3.05) is 34.9 Å². The Morgan fingerprint density at radius 1 is 1.26 bits per heavy atom. The van der Waals surface area contributed by atoms with Crippen LogP contribution in [0.25, 0.3) is 0 Å². The summed E-state index contributed by atoms with van der Waals surface area (Å²) < 4.78 is 10.4. The molecule has 0 unspecified atom stereocenters. The number of carbonyl (C=O) groups is 1. The summed E-state index contributed by atoms with van der Waals surface area (Å²) in [7, 11) is 6.84. The lowest BCUT2D eigenvalue weighted by Crippen LogP contribution is -2.28. The molecule has 0 saturated carbocycles. The second kappa shape index (κ2) is 7.63. The molecule has 1 N–H and O–H groups in total. The molecule has 1 aromatic carbocycles. The van der Waals surface area contributed by atoms with Gasteiger partial charge in [0.2, 0.25) is 5.91 Å². The van der Waals surface area contributed by atoms with Crippen molar-refractivity contribution < 1.29 is 14.3 Å². The lowest BCUT2D eigenvalue weighted by molar-refractivity contribution is -0.130. The first-order chi connectivity index (χ1) is 9.12. The fraction of sp³-hybridized carbons (Fsp3) is 0.500. The largest absolute Gasteiger partial charge is 0.493 e. The zero-order valence-corrected chi connectivity index (χ0v) is 12.0. The number of hydrogen-bond acceptors (Lipinski definition) is 4. The van der Waals surface area contributed by atoms with Crippen LogP contribution in [-0.4, -0.2) is 45.7 Å². The number of amides is 1. The van der Waals surface area contributed by atoms with E-state index in [1.807, 2.05) is 25.2 Å². The highest BCUT2D eigenvalue weighted by Gasteiger charge is 2.10. The van der Waals surface area contributed by atoms with Crippen LogP contribution in [0.4, 0.5) is 0 Å². The Morgan fingerprint density at radius 2 is 1.95 bits per heavy atom. The van der Waals surface area contributed by atoms with Crippen LogP contribution in [0.3, 0.4) is 0 Å². The lowest BCUT2D eigenvalue weighted by Gasteiger charge is -2.18. The van der Waals surface area contributed by atoms with Crippen molar-refractivity contribution >= 4 is 5.91 Å². The van der Waals surface area contributed by atoms with Gasteiger partial charge in [0.05, 0.1) is 14.2 Å². The minimum absolute atomic E-state index is 0.115. The molecule has 1 amide bonds. The van der Waals surface area contributed by atoms with Crippen LogP contribution in [0.1, 0.15) is 12.0 Å². The summed E-state index contributed by atoms with van der Waals surface area (Å²) >= 11 is 0. The molecule has 0 aliphatic rings. The summed E-state index contributed by atoms with van der Waals surface area (Å²) in [6, 6.07) is 5.67. The van der Waals surface area contributed by atoms with Crippen LogP contribution in [0.15, 0.2) is 18.2 Å². The Hall–Kier alpha value is -1.75. The van der Waals surface area contributed by atoms with Gasteiger partial charge < -0.3 is 19.7 Å². The number of nitrogens with one attached hydrogen (secondary N) is 1. The van der Waals surface area contributed by atoms with Crippen LogP contribution >= 0.6 is 0 Å². The number of hydrogen-bond donors (Lipinski definition) is 1. The van der Waals surface area contributed by atoms with Crippen LogP contribution in [0.2, 0.25) is 0 Å². The molecule has 1 aromatic rings. The third kappa shape index (κ3) is 4.44. The Morgan fingerprint density at radius 3 is 2.53 bits per heavy atom. The zero-order valence-electron chi connectivity index (χ0n) is 12.0. The molecule has 0 spiro atoms. The molecule has 0 atom stereocenters. The molecule has 0 aliphatic heterocycles. The Labute approximate surface area is 114 Å². The van der Waals surface area contributed by atoms with E-state index in [9.17, 15) is 4.79 Å². The molecule has 0 fully saturated rings. The molecular weight excluding hydrogens is 244 g/mol. The van der Waals surface area contributed by atoms with Gasteiger partial charge in [-0.3, -0.25) is 4.79 Å². The molecule has 106 valence electrons. The van der Waals surface area contributed by atoms with E-state index in [0.717, 1.165) is 5.56 Å². The SMILES string of the molecule is CNCCC(=O)N(C)Cc1ccc(OC)c(OC)c1. The normalized spacial score (nSPS) is 10.1. The van der Waals surface area contributed by atoms with E-state index in [0.29, 0.717) is 31.0 Å². The molecule has 5 heteroatoms. The van der Waals surface area contributed by atoms with Gasteiger partial charge in [0, 0.05) is 26.6 Å². The molecule has 19 heavy (non-hydrogen) atoms. The first kappa shape index (κ1) is 15.3. The van der Waals surface area contributed by atoms with E-state index in [2.05, 4.69) is 5.32 Å². The Bertz CT molecular complexity index is 421. The van der Waals surface area contributed by atoms with E-state index >= 15 is 0 Å². The second-order valence-corrected chi connectivity index (χ2v) is 4.29. The standard InChI is InChI=1S/C14H22N2O3/c1-15-8-7-14(17)16(2)10-11-5-6-12(18-3)13(9-11)19-4/h5-6,9,15H,7-8,10H2,1-4H3. The lowest BCUT2D eigenvalue weighted by atomic mass is 10.2. The van der Waals surface area contributed by atoms with Crippen molar-refractivity contribution in [1.29, 1.82) is 0 Å². The second-order valence-electron chi connectivity index (χ2n) is 4.29. The van der Waals surface area contributed by atoms with E-state index in [1.54, 1.807) is 26.2 Å². The van der Waals surface area contributed by atoms with Crippen molar-refractivity contribution in [2.45, 2.75) is 13.0 Å². The predicted octanol–water partition coefficient (Wildman–Crippen LogP) is 1.27. The summed E-state index contributed by atoms with van der Waals surface area (Å²) in [6.45, 7) is 1.25. The van der Waals surface area contributed by atoms with Crippen LogP contribution in [-0.2, 0) is 11.3 Å². The van der Waals surface area contributed by atoms with E-state index in [1.165, 1.54) is 0 Å². The Balaban J connectivity index is 2.68. The number of ether oxygens (including phenoxy) is 2. The van der Waals surface area contributed by atoms with E-state index in [4.69, 9.17) is 9.47 Å². The Kier molecular flexibility index (Phi) is 6.15. The highest BCUT2D eigenvalue weighted by molar-refractivity contribution is 5.76. The van der Waals surface area contributed by atoms with Gasteiger partial charge in [-0.1, -0.05) is 6.07 Å². The maximum Gasteiger partial charge on any atom is 0.223 e. The summed E-state index contributed by atoms with van der Waals surface area (Å²) in [5.41, 5.74) is 1.01. The summed E-state index contributed by atoms with van der Waals surface area (Å²) in [5, 5.41) is 2.97. The maximum absolute atomic E-state index is 11.8. The molecule has 0 aliphatic carbocycles. The van der Waals surface area contributed by atoms with Crippen LogP contribution in [0.5, 0.6) is 11.5 Å². The topological polar surface area (TPSA) is 50.8 Å². The van der Waals surface area contributed by atoms with Gasteiger partial charge in [-0.25, -0.2) is 0 Å². The molecule has 0 radical (unpaired) electrons. The van der Waals surface area contributed by atoms with Gasteiger partial charge in [0.1, 0.15) is 0 Å². The maximum atomic E-state index is 11.8. The number of nitrogens with zero attached hydrogens (tertiary/aromatic N) is 1. The smallest absolute Gasteiger partial charge is 0.223 e. The summed E-state index contributed by atoms with van der Waals surface area (Å²) in [6.07, 6.45) is 0.500. The summed E-state index contributed by atoms with van der Waals surface area (Å²) in [5.74, 6) is 1.48. The van der Waals surface area contributed by atoms with Crippen LogP contribution in [0, 0.1) is 0 Å². The van der Waals surface area contributed by atoms with Crippen molar-refractivity contribution in [1.82, 2.24) is 10.2 Å². The van der Waals surface area contributed by atoms with E-state index < -0.39 is 0 Å². The third-order valence-corrected chi connectivity index (χ3v) is 2.88. The first-order valence-electron chi connectivity index (χ1n) is 6.21. The number of rotatable bonds is 7. The molecular formula is C14H22N2O3. The fourth-order valence-corrected chi connectivity index (χ4v) is 1.76. The average Bonchev–Trinajstić information content (AvgIpc) is 2.44. The zero-order chi connectivity index (χ0) is 14.3. The molecule has 0 saturated heterocycles. The molecule has 0 heterocycles. The van der Waals surface area contributed by atoms with Gasteiger partial charge in [0.15, 0.2) is 11.5 Å². The van der Waals surface area contributed by atoms with Crippen molar-refractivity contribution in [2.24, 2.45) is 0 Å². The number of carbonyl (C=O) groups excluding carboxylic acids is 1. The molecule has 5 nitrogen and oxygen atoms in total. The number of benzene rings is 1. The minimum Gasteiger partial charge on any atom is -0.493 e. The first-order valence-corrected chi connectivity index (χ1v) is 6.21. The minimum atomic E-state index is 0.115. The van der Waals surface area contributed by atoms with Gasteiger partial charge in [-0.05, 0) is 24.7 Å². The molecule has 0 aromatic heterocycles. The molecule has 0 bridgehead atoms. The number of methoxy groups -OCH3 is 2. The van der Waals surface area contributed by atoms with Crippen molar-refractivity contribution in [3.05, 3.63) is 23.8 Å². The van der Waals surface area contributed by atoms with Crippen molar-refractivity contribution in [3.8, 4) is 11.5 Å². The fourth-order valence-electron chi connectivity index (χ4n) is 1.76. The van der Waals surface area contributed by atoms with Crippen molar-refractivity contribution in [3.63, 3.8) is 0 Å². The van der Waals surface area contributed by atoms with Gasteiger partial charge in [-0.2, -0.15) is 0 Å².